The van der Waals surface area contributed by atoms with Crippen LogP contribution in [0, 0.1) is 13.8 Å². The molecule has 2 nitrogen and oxygen atoms in total. The van der Waals surface area contributed by atoms with Gasteiger partial charge in [0.15, 0.2) is 0 Å². The van der Waals surface area contributed by atoms with E-state index in [9.17, 15) is 4.79 Å². The topological polar surface area (TPSA) is 20.3 Å². The van der Waals surface area contributed by atoms with Crippen molar-refractivity contribution in [2.45, 2.75) is 27.2 Å². The minimum Gasteiger partial charge on any atom is -0.310 e. The number of benzene rings is 3. The largest absolute Gasteiger partial charge is 0.310 e. The van der Waals surface area contributed by atoms with Gasteiger partial charge in [0.25, 0.3) is 0 Å². The molecule has 126 valence electrons. The van der Waals surface area contributed by atoms with Crippen molar-refractivity contribution < 1.29 is 4.79 Å². The molecule has 25 heavy (non-hydrogen) atoms. The van der Waals surface area contributed by atoms with E-state index >= 15 is 0 Å². The van der Waals surface area contributed by atoms with E-state index < -0.39 is 0 Å². The van der Waals surface area contributed by atoms with Gasteiger partial charge in [0, 0.05) is 22.6 Å². The van der Waals surface area contributed by atoms with Crippen molar-refractivity contribution in [3.05, 3.63) is 89.0 Å². The van der Waals surface area contributed by atoms with E-state index in [-0.39, 0.29) is 0 Å². The van der Waals surface area contributed by atoms with Gasteiger partial charge in [0.1, 0.15) is 6.29 Å². The number of hydrogen-bond donors (Lipinski definition) is 0. The maximum atomic E-state index is 11.2. The van der Waals surface area contributed by atoms with E-state index in [1.54, 1.807) is 0 Å². The Morgan fingerprint density at radius 1 is 0.840 bits per heavy atom. The maximum Gasteiger partial charge on any atom is 0.150 e. The van der Waals surface area contributed by atoms with Crippen molar-refractivity contribution >= 4 is 23.3 Å². The number of aldehydes is 1. The molecule has 0 aliphatic heterocycles. The molecular weight excluding hydrogens is 306 g/mol. The lowest BCUT2D eigenvalue weighted by atomic mass is 10.1. The zero-order chi connectivity index (χ0) is 17.8. The van der Waals surface area contributed by atoms with Crippen molar-refractivity contribution in [1.82, 2.24) is 0 Å². The number of carbonyl (C=O) groups excluding carboxylic acids is 1. The molecule has 0 spiro atoms. The lowest BCUT2D eigenvalue weighted by Gasteiger charge is -2.26. The van der Waals surface area contributed by atoms with Crippen molar-refractivity contribution in [3.63, 3.8) is 0 Å². The fourth-order valence-electron chi connectivity index (χ4n) is 3.03. The molecule has 0 saturated carbocycles. The SMILES string of the molecule is CCc1ccc(N(c2cccc(C)c2)c2ccc(C=O)c(C)c2)cc1. The predicted octanol–water partition coefficient (Wildman–Crippen LogP) is 6.15. The monoisotopic (exact) mass is 329 g/mol. The Bertz CT molecular complexity index is 881. The Kier molecular flexibility index (Phi) is 4.99. The van der Waals surface area contributed by atoms with E-state index in [1.165, 1.54) is 11.1 Å². The van der Waals surface area contributed by atoms with Gasteiger partial charge < -0.3 is 4.90 Å². The molecule has 0 amide bonds. The Balaban J connectivity index is 2.14. The van der Waals surface area contributed by atoms with Crippen LogP contribution in [-0.4, -0.2) is 6.29 Å². The number of nitrogens with zero attached hydrogens (tertiary/aromatic N) is 1. The maximum absolute atomic E-state index is 11.2. The predicted molar refractivity (Wildman–Crippen MR) is 105 cm³/mol. The van der Waals surface area contributed by atoms with Gasteiger partial charge in [-0.25, -0.2) is 0 Å². The van der Waals surface area contributed by atoms with Crippen LogP contribution in [-0.2, 0) is 6.42 Å². The summed E-state index contributed by atoms with van der Waals surface area (Å²) in [6.45, 7) is 6.24. The summed E-state index contributed by atoms with van der Waals surface area (Å²) in [6, 6.07) is 23.1. The van der Waals surface area contributed by atoms with Crippen LogP contribution in [0.4, 0.5) is 17.1 Å². The second kappa shape index (κ2) is 7.35. The first-order valence-corrected chi connectivity index (χ1v) is 8.64. The van der Waals surface area contributed by atoms with Gasteiger partial charge in [0.05, 0.1) is 0 Å². The molecule has 0 heterocycles. The smallest absolute Gasteiger partial charge is 0.150 e. The zero-order valence-electron chi connectivity index (χ0n) is 15.0. The first-order valence-electron chi connectivity index (χ1n) is 8.64. The van der Waals surface area contributed by atoms with Crippen LogP contribution in [0.3, 0.4) is 0 Å². The second-order valence-electron chi connectivity index (χ2n) is 6.35. The summed E-state index contributed by atoms with van der Waals surface area (Å²) < 4.78 is 0. The summed E-state index contributed by atoms with van der Waals surface area (Å²) in [5, 5.41) is 0. The van der Waals surface area contributed by atoms with Crippen molar-refractivity contribution in [2.24, 2.45) is 0 Å². The third-order valence-corrected chi connectivity index (χ3v) is 4.50. The molecule has 0 aliphatic rings. The molecule has 3 aromatic rings. The van der Waals surface area contributed by atoms with Crippen molar-refractivity contribution in [2.75, 3.05) is 4.90 Å². The van der Waals surface area contributed by atoms with Crippen LogP contribution < -0.4 is 4.90 Å². The molecule has 0 N–H and O–H groups in total. The molecule has 0 bridgehead atoms. The molecule has 0 atom stereocenters. The number of aryl methyl sites for hydroxylation is 3. The lowest BCUT2D eigenvalue weighted by molar-refractivity contribution is 0.112. The first kappa shape index (κ1) is 17.0. The number of anilines is 3. The van der Waals surface area contributed by atoms with Crippen LogP contribution >= 0.6 is 0 Å². The van der Waals surface area contributed by atoms with Crippen molar-refractivity contribution in [1.29, 1.82) is 0 Å². The van der Waals surface area contributed by atoms with E-state index in [4.69, 9.17) is 0 Å². The average molecular weight is 329 g/mol. The minimum atomic E-state index is 0.731. The van der Waals surface area contributed by atoms with Crippen LogP contribution in [0.25, 0.3) is 0 Å². The Labute approximate surface area is 149 Å². The Morgan fingerprint density at radius 3 is 2.12 bits per heavy atom. The Hall–Kier alpha value is -2.87. The van der Waals surface area contributed by atoms with Crippen LogP contribution in [0.5, 0.6) is 0 Å². The molecule has 2 heteroatoms. The minimum absolute atomic E-state index is 0.731. The summed E-state index contributed by atoms with van der Waals surface area (Å²) in [5.74, 6) is 0. The molecular formula is C23H23NO. The second-order valence-corrected chi connectivity index (χ2v) is 6.35. The van der Waals surface area contributed by atoms with E-state index in [0.717, 1.165) is 40.9 Å². The standard InChI is InChI=1S/C23H23NO/c1-4-19-8-11-21(12-9-19)24(22-7-5-6-17(2)14-22)23-13-10-20(16-25)18(3)15-23/h5-16H,4H2,1-3H3. The number of hydrogen-bond acceptors (Lipinski definition) is 2. The summed E-state index contributed by atoms with van der Waals surface area (Å²) in [4.78, 5) is 13.4. The fraction of sp³-hybridized carbons (Fsp3) is 0.174. The highest BCUT2D eigenvalue weighted by molar-refractivity contribution is 5.82. The van der Waals surface area contributed by atoms with Gasteiger partial charge >= 0.3 is 0 Å². The third-order valence-electron chi connectivity index (χ3n) is 4.50. The molecule has 3 rings (SSSR count). The first-order chi connectivity index (χ1) is 12.1. The van der Waals surface area contributed by atoms with Gasteiger partial charge in [-0.3, -0.25) is 4.79 Å². The third kappa shape index (κ3) is 3.63. The highest BCUT2D eigenvalue weighted by Crippen LogP contribution is 2.35. The van der Waals surface area contributed by atoms with Gasteiger partial charge in [-0.05, 0) is 79.4 Å². The van der Waals surface area contributed by atoms with Gasteiger partial charge in [-0.15, -0.1) is 0 Å². The van der Waals surface area contributed by atoms with Crippen LogP contribution in [0.1, 0.15) is 34.0 Å². The summed E-state index contributed by atoms with van der Waals surface area (Å²) in [6.07, 6.45) is 1.93. The quantitative estimate of drug-likeness (QED) is 0.523. The summed E-state index contributed by atoms with van der Waals surface area (Å²) in [7, 11) is 0. The molecule has 0 fully saturated rings. The number of carbonyl (C=O) groups is 1. The zero-order valence-corrected chi connectivity index (χ0v) is 15.0. The highest BCUT2D eigenvalue weighted by Gasteiger charge is 2.13. The van der Waals surface area contributed by atoms with E-state index in [2.05, 4.69) is 73.3 Å². The molecule has 0 saturated heterocycles. The van der Waals surface area contributed by atoms with Gasteiger partial charge in [0.2, 0.25) is 0 Å². The highest BCUT2D eigenvalue weighted by atomic mass is 16.1. The molecule has 0 aromatic heterocycles. The number of rotatable bonds is 5. The van der Waals surface area contributed by atoms with E-state index in [1.807, 2.05) is 19.1 Å². The Morgan fingerprint density at radius 2 is 1.52 bits per heavy atom. The molecule has 3 aromatic carbocycles. The van der Waals surface area contributed by atoms with Gasteiger partial charge in [-0.2, -0.15) is 0 Å². The molecule has 0 aliphatic carbocycles. The van der Waals surface area contributed by atoms with Crippen LogP contribution in [0.15, 0.2) is 66.7 Å². The summed E-state index contributed by atoms with van der Waals surface area (Å²) in [5.41, 5.74) is 7.53. The normalized spacial score (nSPS) is 10.5. The summed E-state index contributed by atoms with van der Waals surface area (Å²) >= 11 is 0. The van der Waals surface area contributed by atoms with Crippen molar-refractivity contribution in [3.8, 4) is 0 Å². The fourth-order valence-corrected chi connectivity index (χ4v) is 3.03. The van der Waals surface area contributed by atoms with E-state index in [0.29, 0.717) is 0 Å². The van der Waals surface area contributed by atoms with Crippen LogP contribution in [0.2, 0.25) is 0 Å². The molecule has 0 radical (unpaired) electrons. The molecule has 0 unspecified atom stereocenters. The van der Waals surface area contributed by atoms with Gasteiger partial charge in [-0.1, -0.05) is 31.2 Å². The average Bonchev–Trinajstić information content (AvgIpc) is 2.63. The lowest BCUT2D eigenvalue weighted by Crippen LogP contribution is -2.10.